The van der Waals surface area contributed by atoms with Crippen LogP contribution in [0.5, 0.6) is 0 Å². The molecule has 1 rings (SSSR count). The third kappa shape index (κ3) is 1.41. The summed E-state index contributed by atoms with van der Waals surface area (Å²) in [6.07, 6.45) is 0. The minimum Gasteiger partial charge on any atom is -0.316 e. The second-order valence-electron chi connectivity index (χ2n) is 2.97. The Hall–Kier alpha value is -0.700. The molecule has 1 aromatic heterocycles. The van der Waals surface area contributed by atoms with Crippen LogP contribution in [0.4, 0.5) is 0 Å². The molecule has 66 valence electrons. The lowest BCUT2D eigenvalue weighted by Crippen LogP contribution is -2.23. The zero-order valence-corrected chi connectivity index (χ0v) is 8.48. The number of rotatable bonds is 1. The molecule has 0 radical (unpaired) electrons. The molecule has 12 heavy (non-hydrogen) atoms. The highest BCUT2D eigenvalue weighted by Crippen LogP contribution is 2.06. The molecular weight excluding hydrogens is 170 g/mol. The van der Waals surface area contributed by atoms with E-state index >= 15 is 0 Å². The third-order valence-electron chi connectivity index (χ3n) is 2.15. The molecule has 3 heteroatoms. The first kappa shape index (κ1) is 9.39. The molecule has 0 spiro atoms. The van der Waals surface area contributed by atoms with Crippen molar-refractivity contribution in [2.45, 2.75) is 19.6 Å². The molecular formula is C9H13NOS. The highest BCUT2D eigenvalue weighted by atomic mass is 32.1. The highest BCUT2D eigenvalue weighted by Gasteiger charge is 2.05. The van der Waals surface area contributed by atoms with Crippen LogP contribution in [0.3, 0.4) is 0 Å². The molecule has 0 unspecified atom stereocenters. The van der Waals surface area contributed by atoms with Crippen LogP contribution in [0.25, 0.3) is 0 Å². The van der Waals surface area contributed by atoms with Crippen LogP contribution in [0, 0.1) is 13.8 Å². The summed E-state index contributed by atoms with van der Waals surface area (Å²) in [5.41, 5.74) is 2.89. The SMILES string of the molecule is Cc1cc(C)n(C)c(=O)c1CS. The van der Waals surface area contributed by atoms with Gasteiger partial charge in [-0.1, -0.05) is 0 Å². The number of hydrogen-bond acceptors (Lipinski definition) is 2. The van der Waals surface area contributed by atoms with Gasteiger partial charge in [0, 0.05) is 24.1 Å². The van der Waals surface area contributed by atoms with E-state index in [1.54, 1.807) is 11.6 Å². The van der Waals surface area contributed by atoms with Crippen molar-refractivity contribution in [2.75, 3.05) is 0 Å². The number of aryl methyl sites for hydroxylation is 2. The molecule has 0 bridgehead atoms. The Bertz CT molecular complexity index is 354. The van der Waals surface area contributed by atoms with Gasteiger partial charge in [-0.25, -0.2) is 0 Å². The molecule has 1 heterocycles. The Morgan fingerprint density at radius 2 is 2.08 bits per heavy atom. The molecule has 0 atom stereocenters. The molecule has 1 aromatic rings. The van der Waals surface area contributed by atoms with Gasteiger partial charge in [0.25, 0.3) is 5.56 Å². The van der Waals surface area contributed by atoms with Crippen molar-refractivity contribution >= 4 is 12.6 Å². The van der Waals surface area contributed by atoms with Gasteiger partial charge in [0.15, 0.2) is 0 Å². The molecule has 2 nitrogen and oxygen atoms in total. The van der Waals surface area contributed by atoms with Crippen LogP contribution < -0.4 is 5.56 Å². The van der Waals surface area contributed by atoms with E-state index in [0.29, 0.717) is 5.75 Å². The maximum atomic E-state index is 11.6. The van der Waals surface area contributed by atoms with Gasteiger partial charge in [0.2, 0.25) is 0 Å². The predicted molar refractivity (Wildman–Crippen MR) is 53.8 cm³/mol. The maximum absolute atomic E-state index is 11.6. The van der Waals surface area contributed by atoms with Crippen molar-refractivity contribution < 1.29 is 0 Å². The first-order valence-electron chi connectivity index (χ1n) is 3.85. The van der Waals surface area contributed by atoms with Gasteiger partial charge in [-0.05, 0) is 25.5 Å². The van der Waals surface area contributed by atoms with Crippen molar-refractivity contribution in [3.05, 3.63) is 33.2 Å². The number of aromatic nitrogens is 1. The molecule has 0 N–H and O–H groups in total. The molecule has 0 aliphatic carbocycles. The normalized spacial score (nSPS) is 10.3. The van der Waals surface area contributed by atoms with Crippen molar-refractivity contribution in [2.24, 2.45) is 7.05 Å². The smallest absolute Gasteiger partial charge is 0.254 e. The molecule has 0 aliphatic heterocycles. The summed E-state index contributed by atoms with van der Waals surface area (Å²) < 4.78 is 1.65. The summed E-state index contributed by atoms with van der Waals surface area (Å²) in [5.74, 6) is 0.513. The summed E-state index contributed by atoms with van der Waals surface area (Å²) >= 11 is 4.12. The molecule has 0 fully saturated rings. The van der Waals surface area contributed by atoms with Crippen molar-refractivity contribution in [3.63, 3.8) is 0 Å². The Labute approximate surface area is 77.6 Å². The van der Waals surface area contributed by atoms with Crippen molar-refractivity contribution in [1.29, 1.82) is 0 Å². The van der Waals surface area contributed by atoms with Gasteiger partial charge in [0.1, 0.15) is 0 Å². The number of thiol groups is 1. The van der Waals surface area contributed by atoms with E-state index in [1.807, 2.05) is 19.9 Å². The maximum Gasteiger partial charge on any atom is 0.254 e. The van der Waals surface area contributed by atoms with Crippen molar-refractivity contribution in [1.82, 2.24) is 4.57 Å². The number of nitrogens with zero attached hydrogens (tertiary/aromatic N) is 1. The van der Waals surface area contributed by atoms with Crippen LogP contribution >= 0.6 is 12.6 Å². The molecule has 0 aromatic carbocycles. The molecule has 0 saturated heterocycles. The van der Waals surface area contributed by atoms with E-state index in [9.17, 15) is 4.79 Å². The summed E-state index contributed by atoms with van der Waals surface area (Å²) in [4.78, 5) is 11.6. The first-order chi connectivity index (χ1) is 5.57. The minimum atomic E-state index is 0.0718. The highest BCUT2D eigenvalue weighted by molar-refractivity contribution is 7.79. The zero-order chi connectivity index (χ0) is 9.30. The largest absolute Gasteiger partial charge is 0.316 e. The van der Waals surface area contributed by atoms with Crippen LogP contribution in [0.1, 0.15) is 16.8 Å². The minimum absolute atomic E-state index is 0.0718. The average Bonchev–Trinajstić information content (AvgIpc) is 2.01. The second-order valence-corrected chi connectivity index (χ2v) is 3.29. The fraction of sp³-hybridized carbons (Fsp3) is 0.444. The van der Waals surface area contributed by atoms with Gasteiger partial charge in [0.05, 0.1) is 0 Å². The lowest BCUT2D eigenvalue weighted by atomic mass is 10.1. The second kappa shape index (κ2) is 3.35. The lowest BCUT2D eigenvalue weighted by molar-refractivity contribution is 0.802. The third-order valence-corrected chi connectivity index (χ3v) is 2.47. The van der Waals surface area contributed by atoms with Gasteiger partial charge in [-0.3, -0.25) is 4.79 Å². The predicted octanol–water partition coefficient (Wildman–Crippen LogP) is 1.43. The Morgan fingerprint density at radius 3 is 2.58 bits per heavy atom. The van der Waals surface area contributed by atoms with Crippen LogP contribution in [0.15, 0.2) is 10.9 Å². The van der Waals surface area contributed by atoms with Crippen molar-refractivity contribution in [3.8, 4) is 0 Å². The van der Waals surface area contributed by atoms with E-state index in [1.165, 1.54) is 0 Å². The zero-order valence-electron chi connectivity index (χ0n) is 7.59. The Balaban J connectivity index is 3.52. The van der Waals surface area contributed by atoms with Crippen LogP contribution in [-0.4, -0.2) is 4.57 Å². The van der Waals surface area contributed by atoms with E-state index < -0.39 is 0 Å². The molecule has 0 saturated carbocycles. The molecule has 0 amide bonds. The molecule has 0 aliphatic rings. The summed E-state index contributed by atoms with van der Waals surface area (Å²) in [7, 11) is 1.78. The van der Waals surface area contributed by atoms with Gasteiger partial charge in [-0.15, -0.1) is 0 Å². The Kier molecular flexibility index (Phi) is 2.62. The number of hydrogen-bond donors (Lipinski definition) is 1. The summed E-state index contributed by atoms with van der Waals surface area (Å²) in [6, 6.07) is 2.01. The van der Waals surface area contributed by atoms with E-state index in [0.717, 1.165) is 16.8 Å². The fourth-order valence-electron chi connectivity index (χ4n) is 1.22. The number of pyridine rings is 1. The van der Waals surface area contributed by atoms with E-state index in [4.69, 9.17) is 0 Å². The monoisotopic (exact) mass is 183 g/mol. The fourth-order valence-corrected chi connectivity index (χ4v) is 1.61. The summed E-state index contributed by atoms with van der Waals surface area (Å²) in [5, 5.41) is 0. The lowest BCUT2D eigenvalue weighted by Gasteiger charge is -2.08. The quantitative estimate of drug-likeness (QED) is 0.654. The van der Waals surface area contributed by atoms with E-state index in [-0.39, 0.29) is 5.56 Å². The first-order valence-corrected chi connectivity index (χ1v) is 4.48. The Morgan fingerprint density at radius 1 is 1.50 bits per heavy atom. The average molecular weight is 183 g/mol. The van der Waals surface area contributed by atoms with Gasteiger partial charge >= 0.3 is 0 Å². The standard InChI is InChI=1S/C9H13NOS/c1-6-4-7(2)10(3)9(11)8(6)5-12/h4,12H,5H2,1-3H3. The van der Waals surface area contributed by atoms with Crippen LogP contribution in [-0.2, 0) is 12.8 Å². The van der Waals surface area contributed by atoms with E-state index in [2.05, 4.69) is 12.6 Å². The van der Waals surface area contributed by atoms with Gasteiger partial charge in [-0.2, -0.15) is 12.6 Å². The topological polar surface area (TPSA) is 22.0 Å². The van der Waals surface area contributed by atoms with Crippen LogP contribution in [0.2, 0.25) is 0 Å². The van der Waals surface area contributed by atoms with Gasteiger partial charge < -0.3 is 4.57 Å². The summed E-state index contributed by atoms with van der Waals surface area (Å²) in [6.45, 7) is 3.87.